The maximum absolute atomic E-state index is 11.3. The first kappa shape index (κ1) is 18.4. The molecule has 0 saturated carbocycles. The van der Waals surface area contributed by atoms with Crippen LogP contribution in [0.25, 0.3) is 0 Å². The summed E-state index contributed by atoms with van der Waals surface area (Å²) in [6.45, 7) is 1.67. The maximum Gasteiger partial charge on any atom is 0.248 e. The number of aryl methyl sites for hydroxylation is 1. The molecule has 144 valence electrons. The van der Waals surface area contributed by atoms with Crippen LogP contribution in [0, 0.1) is 0 Å². The highest BCUT2D eigenvalue weighted by molar-refractivity contribution is 5.92. The number of amides is 1. The van der Waals surface area contributed by atoms with Gasteiger partial charge in [0, 0.05) is 43.7 Å². The molecule has 1 atom stereocenters. The Balaban J connectivity index is 1.57. The van der Waals surface area contributed by atoms with Gasteiger partial charge in [-0.05, 0) is 48.6 Å². The Morgan fingerprint density at radius 2 is 2.04 bits per heavy atom. The topological polar surface area (TPSA) is 87.9 Å². The van der Waals surface area contributed by atoms with Crippen molar-refractivity contribution in [3.63, 3.8) is 0 Å². The fourth-order valence-corrected chi connectivity index (χ4v) is 3.98. The molecule has 1 unspecified atom stereocenters. The van der Waals surface area contributed by atoms with Gasteiger partial charge in [-0.3, -0.25) is 14.7 Å². The summed E-state index contributed by atoms with van der Waals surface area (Å²) < 4.78 is 0. The average Bonchev–Trinajstić information content (AvgIpc) is 3.25. The summed E-state index contributed by atoms with van der Waals surface area (Å²) in [6, 6.07) is 12.1. The lowest BCUT2D eigenvalue weighted by Gasteiger charge is -2.35. The van der Waals surface area contributed by atoms with Crippen LogP contribution < -0.4 is 5.73 Å². The zero-order chi connectivity index (χ0) is 19.3. The number of primary amides is 1. The molecule has 0 saturated heterocycles. The molecular formula is C22H25N5O. The molecule has 3 N–H and O–H groups in total. The van der Waals surface area contributed by atoms with Crippen LogP contribution in [0.5, 0.6) is 0 Å². The standard InChI is InChI=1S/C22H25N5O/c23-22(28)18-8-6-16(7-9-18)15-27(14-10-20-24-12-13-25-20)19-5-1-3-17-4-2-11-26-21(17)19/h2,4,6-9,11-13,19H,1,3,5,10,14-15H2,(H2,23,28)(H,24,25). The van der Waals surface area contributed by atoms with Gasteiger partial charge in [-0.25, -0.2) is 4.98 Å². The molecule has 0 bridgehead atoms. The largest absolute Gasteiger partial charge is 0.366 e. The van der Waals surface area contributed by atoms with Crippen LogP contribution in [-0.2, 0) is 19.4 Å². The highest BCUT2D eigenvalue weighted by Gasteiger charge is 2.27. The molecule has 6 heteroatoms. The van der Waals surface area contributed by atoms with Gasteiger partial charge in [0.2, 0.25) is 5.91 Å². The predicted octanol–water partition coefficient (Wildman–Crippen LogP) is 3.03. The van der Waals surface area contributed by atoms with E-state index >= 15 is 0 Å². The van der Waals surface area contributed by atoms with Crippen molar-refractivity contribution in [3.8, 4) is 0 Å². The van der Waals surface area contributed by atoms with E-state index in [1.54, 1.807) is 18.3 Å². The third kappa shape index (κ3) is 4.12. The van der Waals surface area contributed by atoms with E-state index < -0.39 is 5.91 Å². The average molecular weight is 375 g/mol. The van der Waals surface area contributed by atoms with Gasteiger partial charge >= 0.3 is 0 Å². The molecule has 1 amide bonds. The molecule has 3 aromatic rings. The van der Waals surface area contributed by atoms with Crippen LogP contribution >= 0.6 is 0 Å². The molecule has 1 aliphatic carbocycles. The number of nitrogens with two attached hydrogens (primary N) is 1. The van der Waals surface area contributed by atoms with Crippen molar-refractivity contribution < 1.29 is 4.79 Å². The maximum atomic E-state index is 11.3. The first-order chi connectivity index (χ1) is 13.7. The number of nitrogens with one attached hydrogen (secondary N) is 1. The van der Waals surface area contributed by atoms with Crippen molar-refractivity contribution in [1.29, 1.82) is 0 Å². The third-order valence-corrected chi connectivity index (χ3v) is 5.42. The summed E-state index contributed by atoms with van der Waals surface area (Å²) in [7, 11) is 0. The van der Waals surface area contributed by atoms with Gasteiger partial charge in [-0.1, -0.05) is 18.2 Å². The summed E-state index contributed by atoms with van der Waals surface area (Å²) in [5.41, 5.74) is 9.62. The van der Waals surface area contributed by atoms with Gasteiger partial charge in [0.25, 0.3) is 0 Å². The number of aromatic nitrogens is 3. The molecule has 6 nitrogen and oxygen atoms in total. The fraction of sp³-hybridized carbons (Fsp3) is 0.318. The Morgan fingerprint density at radius 1 is 1.18 bits per heavy atom. The van der Waals surface area contributed by atoms with Gasteiger partial charge < -0.3 is 10.7 Å². The molecule has 28 heavy (non-hydrogen) atoms. The monoisotopic (exact) mass is 375 g/mol. The van der Waals surface area contributed by atoms with E-state index in [0.29, 0.717) is 5.56 Å². The van der Waals surface area contributed by atoms with E-state index in [0.717, 1.165) is 43.7 Å². The number of nitrogens with zero attached hydrogens (tertiary/aromatic N) is 3. The molecule has 0 radical (unpaired) electrons. The van der Waals surface area contributed by atoms with Crippen LogP contribution in [0.15, 0.2) is 55.0 Å². The van der Waals surface area contributed by atoms with E-state index in [4.69, 9.17) is 10.7 Å². The summed E-state index contributed by atoms with van der Waals surface area (Å²) in [4.78, 5) is 26.1. The minimum atomic E-state index is -0.397. The highest BCUT2D eigenvalue weighted by atomic mass is 16.1. The lowest BCUT2D eigenvalue weighted by atomic mass is 9.90. The van der Waals surface area contributed by atoms with Crippen LogP contribution in [0.4, 0.5) is 0 Å². The highest BCUT2D eigenvalue weighted by Crippen LogP contribution is 2.33. The summed E-state index contributed by atoms with van der Waals surface area (Å²) in [5.74, 6) is 0.595. The summed E-state index contributed by atoms with van der Waals surface area (Å²) >= 11 is 0. The van der Waals surface area contributed by atoms with Crippen LogP contribution in [0.1, 0.15) is 51.9 Å². The molecule has 2 aromatic heterocycles. The SMILES string of the molecule is NC(=O)c1ccc(CN(CCc2ncc[nH]2)C2CCCc3cccnc32)cc1. The Labute approximate surface area is 164 Å². The summed E-state index contributed by atoms with van der Waals surface area (Å²) in [6.07, 6.45) is 9.76. The number of aromatic amines is 1. The molecule has 0 aliphatic heterocycles. The molecule has 1 aromatic carbocycles. The Bertz CT molecular complexity index is 920. The second-order valence-electron chi connectivity index (χ2n) is 7.27. The van der Waals surface area contributed by atoms with Gasteiger partial charge in [-0.15, -0.1) is 0 Å². The van der Waals surface area contributed by atoms with Gasteiger partial charge in [0.05, 0.1) is 11.7 Å². The predicted molar refractivity (Wildman–Crippen MR) is 108 cm³/mol. The molecule has 2 heterocycles. The number of rotatable bonds is 7. The minimum absolute atomic E-state index is 0.288. The minimum Gasteiger partial charge on any atom is -0.366 e. The fourth-order valence-electron chi connectivity index (χ4n) is 3.98. The van der Waals surface area contributed by atoms with Crippen LogP contribution in [0.3, 0.4) is 0 Å². The smallest absolute Gasteiger partial charge is 0.248 e. The quantitative estimate of drug-likeness (QED) is 0.664. The zero-order valence-electron chi connectivity index (χ0n) is 15.8. The van der Waals surface area contributed by atoms with E-state index in [9.17, 15) is 4.79 Å². The Kier molecular flexibility index (Phi) is 5.48. The number of H-pyrrole nitrogens is 1. The molecule has 0 fully saturated rings. The van der Waals surface area contributed by atoms with E-state index in [1.807, 2.05) is 30.6 Å². The number of carbonyl (C=O) groups excluding carboxylic acids is 1. The number of imidazole rings is 1. The molecule has 1 aliphatic rings. The van der Waals surface area contributed by atoms with E-state index in [1.165, 1.54) is 17.7 Å². The Morgan fingerprint density at radius 3 is 2.79 bits per heavy atom. The van der Waals surface area contributed by atoms with Crippen molar-refractivity contribution in [1.82, 2.24) is 19.9 Å². The van der Waals surface area contributed by atoms with Crippen molar-refractivity contribution in [3.05, 3.63) is 83.2 Å². The molecule has 4 rings (SSSR count). The van der Waals surface area contributed by atoms with Gasteiger partial charge in [0.1, 0.15) is 5.82 Å². The van der Waals surface area contributed by atoms with Crippen LogP contribution in [-0.4, -0.2) is 32.3 Å². The third-order valence-electron chi connectivity index (χ3n) is 5.42. The van der Waals surface area contributed by atoms with Crippen molar-refractivity contribution in [2.45, 2.75) is 38.3 Å². The number of hydrogen-bond acceptors (Lipinski definition) is 4. The molecule has 0 spiro atoms. The van der Waals surface area contributed by atoms with Crippen molar-refractivity contribution >= 4 is 5.91 Å². The normalized spacial score (nSPS) is 16.1. The second kappa shape index (κ2) is 8.35. The second-order valence-corrected chi connectivity index (χ2v) is 7.27. The first-order valence-electron chi connectivity index (χ1n) is 9.75. The number of benzene rings is 1. The van der Waals surface area contributed by atoms with E-state index in [-0.39, 0.29) is 6.04 Å². The molecular weight excluding hydrogens is 350 g/mol. The first-order valence-corrected chi connectivity index (χ1v) is 9.75. The number of fused-ring (bicyclic) bond motifs is 1. The van der Waals surface area contributed by atoms with E-state index in [2.05, 4.69) is 20.9 Å². The van der Waals surface area contributed by atoms with Gasteiger partial charge in [0.15, 0.2) is 0 Å². The lowest BCUT2D eigenvalue weighted by Crippen LogP contribution is -2.33. The van der Waals surface area contributed by atoms with Crippen molar-refractivity contribution in [2.75, 3.05) is 6.54 Å². The lowest BCUT2D eigenvalue weighted by molar-refractivity contribution is 0.1000. The van der Waals surface area contributed by atoms with Crippen LogP contribution in [0.2, 0.25) is 0 Å². The number of pyridine rings is 1. The Hall–Kier alpha value is -2.99. The van der Waals surface area contributed by atoms with Gasteiger partial charge in [-0.2, -0.15) is 0 Å². The summed E-state index contributed by atoms with van der Waals surface area (Å²) in [5, 5.41) is 0. The van der Waals surface area contributed by atoms with Crippen molar-refractivity contribution in [2.24, 2.45) is 5.73 Å². The zero-order valence-corrected chi connectivity index (χ0v) is 15.8. The number of carbonyl (C=O) groups is 1. The number of hydrogen-bond donors (Lipinski definition) is 2.